The highest BCUT2D eigenvalue weighted by Crippen LogP contribution is 2.14. The molecule has 1 heterocycles. The molecular weight excluding hydrogens is 224 g/mol. The number of benzene rings is 1. The van der Waals surface area contributed by atoms with Crippen LogP contribution in [-0.4, -0.2) is 23.2 Å². The Labute approximate surface area is 108 Å². The smallest absolute Gasteiger partial charge is 0.115 e. The van der Waals surface area contributed by atoms with Gasteiger partial charge in [0, 0.05) is 18.4 Å². The van der Waals surface area contributed by atoms with Crippen LogP contribution in [0.5, 0.6) is 5.75 Å². The first-order valence-corrected chi connectivity index (χ1v) is 6.12. The second-order valence-corrected chi connectivity index (χ2v) is 4.43. The fraction of sp³-hybridized carbons (Fsp3) is 0.267. The summed E-state index contributed by atoms with van der Waals surface area (Å²) in [4.78, 5) is 4.13. The molecule has 3 heteroatoms. The molecule has 1 atom stereocenters. The molecule has 0 amide bonds. The van der Waals surface area contributed by atoms with Gasteiger partial charge in [0.2, 0.25) is 0 Å². The maximum Gasteiger partial charge on any atom is 0.115 e. The van der Waals surface area contributed by atoms with Crippen LogP contribution in [0.3, 0.4) is 0 Å². The van der Waals surface area contributed by atoms with E-state index in [1.165, 1.54) is 5.56 Å². The van der Waals surface area contributed by atoms with Crippen LogP contribution >= 0.6 is 0 Å². The summed E-state index contributed by atoms with van der Waals surface area (Å²) in [6.07, 6.45) is 5.50. The van der Waals surface area contributed by atoms with Gasteiger partial charge in [0.1, 0.15) is 5.75 Å². The van der Waals surface area contributed by atoms with Crippen molar-refractivity contribution in [3.8, 4) is 5.75 Å². The first-order valence-electron chi connectivity index (χ1n) is 6.12. The monoisotopic (exact) mass is 242 g/mol. The van der Waals surface area contributed by atoms with Crippen LogP contribution in [0.25, 0.3) is 0 Å². The first-order chi connectivity index (χ1) is 8.78. The number of aromatic hydroxyl groups is 1. The van der Waals surface area contributed by atoms with E-state index >= 15 is 0 Å². The number of hydrogen-bond donors (Lipinski definition) is 2. The SMILES string of the molecule is CNC(Cc1cccnc1)Cc1cccc(O)c1. The molecule has 0 fully saturated rings. The molecular formula is C15H18N2O. The molecule has 18 heavy (non-hydrogen) atoms. The number of likely N-dealkylation sites (N-methyl/N-ethyl adjacent to an activating group) is 1. The Hall–Kier alpha value is -1.87. The van der Waals surface area contributed by atoms with E-state index in [2.05, 4.69) is 16.4 Å². The Kier molecular flexibility index (Phi) is 4.31. The molecule has 0 radical (unpaired) electrons. The van der Waals surface area contributed by atoms with Crippen molar-refractivity contribution in [1.82, 2.24) is 10.3 Å². The second-order valence-electron chi connectivity index (χ2n) is 4.43. The summed E-state index contributed by atoms with van der Waals surface area (Å²) in [6, 6.07) is 11.8. The van der Waals surface area contributed by atoms with E-state index < -0.39 is 0 Å². The van der Waals surface area contributed by atoms with E-state index in [1.807, 2.05) is 37.5 Å². The number of phenolic OH excluding ortho intramolecular Hbond substituents is 1. The lowest BCUT2D eigenvalue weighted by Crippen LogP contribution is -2.29. The lowest BCUT2D eigenvalue weighted by molar-refractivity contribution is 0.473. The van der Waals surface area contributed by atoms with Crippen molar-refractivity contribution >= 4 is 0 Å². The number of nitrogens with one attached hydrogen (secondary N) is 1. The van der Waals surface area contributed by atoms with Crippen LogP contribution in [-0.2, 0) is 12.8 Å². The van der Waals surface area contributed by atoms with E-state index in [1.54, 1.807) is 12.3 Å². The lowest BCUT2D eigenvalue weighted by Gasteiger charge is -2.16. The molecule has 1 aromatic heterocycles. The Bertz CT molecular complexity index is 485. The summed E-state index contributed by atoms with van der Waals surface area (Å²) in [7, 11) is 1.96. The largest absolute Gasteiger partial charge is 0.508 e. The average Bonchev–Trinajstić information content (AvgIpc) is 2.39. The molecule has 0 aliphatic heterocycles. The van der Waals surface area contributed by atoms with E-state index in [9.17, 15) is 5.11 Å². The highest BCUT2D eigenvalue weighted by Gasteiger charge is 2.08. The average molecular weight is 242 g/mol. The van der Waals surface area contributed by atoms with Crippen LogP contribution in [0.4, 0.5) is 0 Å². The number of phenols is 1. The Morgan fingerprint density at radius 1 is 1.17 bits per heavy atom. The third kappa shape index (κ3) is 3.57. The van der Waals surface area contributed by atoms with Crippen LogP contribution in [0, 0.1) is 0 Å². The number of pyridine rings is 1. The van der Waals surface area contributed by atoms with Crippen LogP contribution < -0.4 is 5.32 Å². The summed E-state index contributed by atoms with van der Waals surface area (Å²) in [5.74, 6) is 0.323. The Morgan fingerprint density at radius 2 is 1.94 bits per heavy atom. The van der Waals surface area contributed by atoms with Crippen LogP contribution in [0.15, 0.2) is 48.8 Å². The topological polar surface area (TPSA) is 45.2 Å². The third-order valence-electron chi connectivity index (χ3n) is 3.01. The molecule has 3 nitrogen and oxygen atoms in total. The fourth-order valence-corrected chi connectivity index (χ4v) is 2.05. The van der Waals surface area contributed by atoms with Crippen molar-refractivity contribution in [2.45, 2.75) is 18.9 Å². The molecule has 0 spiro atoms. The Balaban J connectivity index is 2.01. The van der Waals surface area contributed by atoms with Crippen molar-refractivity contribution in [2.75, 3.05) is 7.05 Å². The third-order valence-corrected chi connectivity index (χ3v) is 3.01. The van der Waals surface area contributed by atoms with E-state index in [0.717, 1.165) is 18.4 Å². The molecule has 1 unspecified atom stereocenters. The van der Waals surface area contributed by atoms with Gasteiger partial charge < -0.3 is 10.4 Å². The standard InChI is InChI=1S/C15H18N2O/c1-16-14(9-13-5-3-7-17-11-13)8-12-4-2-6-15(18)10-12/h2-7,10-11,14,16,18H,8-9H2,1H3. The van der Waals surface area contributed by atoms with Gasteiger partial charge in [0.05, 0.1) is 0 Å². The minimum Gasteiger partial charge on any atom is -0.508 e. The van der Waals surface area contributed by atoms with Crippen LogP contribution in [0.2, 0.25) is 0 Å². The van der Waals surface area contributed by atoms with Gasteiger partial charge in [-0.2, -0.15) is 0 Å². The van der Waals surface area contributed by atoms with Gasteiger partial charge in [0.15, 0.2) is 0 Å². The molecule has 2 N–H and O–H groups in total. The van der Waals surface area contributed by atoms with Gasteiger partial charge in [-0.25, -0.2) is 0 Å². The summed E-state index contributed by atoms with van der Waals surface area (Å²) in [5, 5.41) is 12.8. The lowest BCUT2D eigenvalue weighted by atomic mass is 10.00. The second kappa shape index (κ2) is 6.17. The quantitative estimate of drug-likeness (QED) is 0.844. The van der Waals surface area contributed by atoms with E-state index in [0.29, 0.717) is 11.8 Å². The van der Waals surface area contributed by atoms with E-state index in [4.69, 9.17) is 0 Å². The van der Waals surface area contributed by atoms with Gasteiger partial charge >= 0.3 is 0 Å². The molecule has 0 aliphatic carbocycles. The summed E-state index contributed by atoms with van der Waals surface area (Å²) >= 11 is 0. The van der Waals surface area contributed by atoms with Crippen molar-refractivity contribution in [3.63, 3.8) is 0 Å². The molecule has 0 saturated carbocycles. The summed E-state index contributed by atoms with van der Waals surface area (Å²) in [6.45, 7) is 0. The zero-order chi connectivity index (χ0) is 12.8. The molecule has 0 bridgehead atoms. The molecule has 0 saturated heterocycles. The number of nitrogens with zero attached hydrogens (tertiary/aromatic N) is 1. The Morgan fingerprint density at radius 3 is 2.61 bits per heavy atom. The molecule has 2 rings (SSSR count). The molecule has 2 aromatic rings. The number of hydrogen-bond acceptors (Lipinski definition) is 3. The first kappa shape index (κ1) is 12.6. The predicted octanol–water partition coefficient (Wildman–Crippen LogP) is 2.16. The van der Waals surface area contributed by atoms with Gasteiger partial charge in [0.25, 0.3) is 0 Å². The van der Waals surface area contributed by atoms with Gasteiger partial charge in [-0.3, -0.25) is 4.98 Å². The van der Waals surface area contributed by atoms with Gasteiger partial charge in [-0.05, 0) is 49.2 Å². The van der Waals surface area contributed by atoms with Crippen molar-refractivity contribution in [2.24, 2.45) is 0 Å². The minimum absolute atomic E-state index is 0.323. The summed E-state index contributed by atoms with van der Waals surface area (Å²) < 4.78 is 0. The normalized spacial score (nSPS) is 12.3. The van der Waals surface area contributed by atoms with E-state index in [-0.39, 0.29) is 0 Å². The van der Waals surface area contributed by atoms with Gasteiger partial charge in [-0.15, -0.1) is 0 Å². The predicted molar refractivity (Wildman–Crippen MR) is 72.6 cm³/mol. The van der Waals surface area contributed by atoms with Crippen molar-refractivity contribution < 1.29 is 5.11 Å². The van der Waals surface area contributed by atoms with Crippen LogP contribution in [0.1, 0.15) is 11.1 Å². The molecule has 1 aromatic carbocycles. The molecule has 0 aliphatic rings. The van der Waals surface area contributed by atoms with Gasteiger partial charge in [-0.1, -0.05) is 18.2 Å². The molecule has 94 valence electrons. The zero-order valence-corrected chi connectivity index (χ0v) is 10.5. The van der Waals surface area contributed by atoms with Crippen molar-refractivity contribution in [1.29, 1.82) is 0 Å². The maximum atomic E-state index is 9.46. The maximum absolute atomic E-state index is 9.46. The summed E-state index contributed by atoms with van der Waals surface area (Å²) in [5.41, 5.74) is 2.36. The highest BCUT2D eigenvalue weighted by atomic mass is 16.3. The minimum atomic E-state index is 0.323. The highest BCUT2D eigenvalue weighted by molar-refractivity contribution is 5.28. The zero-order valence-electron chi connectivity index (χ0n) is 10.5. The number of rotatable bonds is 5. The fourth-order valence-electron chi connectivity index (χ4n) is 2.05. The number of aromatic nitrogens is 1. The van der Waals surface area contributed by atoms with Crippen molar-refractivity contribution in [3.05, 3.63) is 59.9 Å².